The third kappa shape index (κ3) is 2.86. The van der Waals surface area contributed by atoms with E-state index in [1.807, 2.05) is 43.3 Å². The number of benzene rings is 1. The maximum Gasteiger partial charge on any atom is 0.166 e. The van der Waals surface area contributed by atoms with Crippen LogP contribution in [0.2, 0.25) is 0 Å². The lowest BCUT2D eigenvalue weighted by Gasteiger charge is -2.21. The standard InChI is InChI=1S/C14H19NO2/c1-15(2)13-5-3-11(4-6-13)14(16)12-7-9-17-10-8-12/h3-6,12H,7-10H2,1-2H3. The highest BCUT2D eigenvalue weighted by Crippen LogP contribution is 2.21. The quantitative estimate of drug-likeness (QED) is 0.751. The Bertz CT molecular complexity index is 378. The fourth-order valence-electron chi connectivity index (χ4n) is 2.12. The summed E-state index contributed by atoms with van der Waals surface area (Å²) in [6.45, 7) is 1.43. The van der Waals surface area contributed by atoms with Crippen molar-refractivity contribution in [2.75, 3.05) is 32.2 Å². The average molecular weight is 233 g/mol. The van der Waals surface area contributed by atoms with E-state index >= 15 is 0 Å². The molecule has 92 valence electrons. The van der Waals surface area contributed by atoms with Gasteiger partial charge in [-0.2, -0.15) is 0 Å². The summed E-state index contributed by atoms with van der Waals surface area (Å²) in [5.41, 5.74) is 1.94. The van der Waals surface area contributed by atoms with E-state index in [-0.39, 0.29) is 11.7 Å². The number of ketones is 1. The van der Waals surface area contributed by atoms with Gasteiger partial charge in [-0.05, 0) is 37.1 Å². The smallest absolute Gasteiger partial charge is 0.166 e. The zero-order valence-corrected chi connectivity index (χ0v) is 10.5. The Labute approximate surface area is 102 Å². The molecule has 0 N–H and O–H groups in total. The molecule has 0 spiro atoms. The van der Waals surface area contributed by atoms with Crippen LogP contribution in [0.1, 0.15) is 23.2 Å². The molecule has 1 aliphatic heterocycles. The summed E-state index contributed by atoms with van der Waals surface area (Å²) in [5, 5.41) is 0. The Morgan fingerprint density at radius 2 is 1.76 bits per heavy atom. The Morgan fingerprint density at radius 1 is 1.18 bits per heavy atom. The second kappa shape index (κ2) is 5.32. The van der Waals surface area contributed by atoms with Crippen molar-refractivity contribution in [2.24, 2.45) is 5.92 Å². The van der Waals surface area contributed by atoms with Crippen LogP contribution >= 0.6 is 0 Å². The second-order valence-electron chi connectivity index (χ2n) is 4.69. The number of hydrogen-bond donors (Lipinski definition) is 0. The monoisotopic (exact) mass is 233 g/mol. The third-order valence-electron chi connectivity index (χ3n) is 3.26. The number of carbonyl (C=O) groups excluding carboxylic acids is 1. The molecule has 0 aromatic heterocycles. The van der Waals surface area contributed by atoms with Crippen LogP contribution < -0.4 is 4.90 Å². The van der Waals surface area contributed by atoms with E-state index in [1.165, 1.54) is 0 Å². The van der Waals surface area contributed by atoms with Crippen molar-refractivity contribution in [1.29, 1.82) is 0 Å². The predicted octanol–water partition coefficient (Wildman–Crippen LogP) is 2.36. The van der Waals surface area contributed by atoms with Gasteiger partial charge in [-0.1, -0.05) is 0 Å². The summed E-state index contributed by atoms with van der Waals surface area (Å²) in [5.74, 6) is 0.410. The number of Topliss-reactive ketones (excluding diaryl/α,β-unsaturated/α-hetero) is 1. The van der Waals surface area contributed by atoms with E-state index in [0.29, 0.717) is 13.2 Å². The minimum Gasteiger partial charge on any atom is -0.381 e. The number of hydrogen-bond acceptors (Lipinski definition) is 3. The molecule has 0 saturated carbocycles. The minimum absolute atomic E-state index is 0.147. The summed E-state index contributed by atoms with van der Waals surface area (Å²) in [6, 6.07) is 7.83. The van der Waals surface area contributed by atoms with Crippen molar-refractivity contribution in [3.8, 4) is 0 Å². The Balaban J connectivity index is 2.08. The molecule has 0 amide bonds. The maximum atomic E-state index is 12.2. The van der Waals surface area contributed by atoms with E-state index in [0.717, 1.165) is 24.1 Å². The highest BCUT2D eigenvalue weighted by molar-refractivity contribution is 5.98. The van der Waals surface area contributed by atoms with Crippen LogP contribution in [0.25, 0.3) is 0 Å². The Hall–Kier alpha value is -1.35. The summed E-state index contributed by atoms with van der Waals surface area (Å²) < 4.78 is 5.28. The van der Waals surface area contributed by atoms with Gasteiger partial charge >= 0.3 is 0 Å². The molecule has 1 aliphatic rings. The molecule has 1 heterocycles. The maximum absolute atomic E-state index is 12.2. The number of ether oxygens (including phenoxy) is 1. The van der Waals surface area contributed by atoms with Crippen LogP contribution in [0, 0.1) is 5.92 Å². The lowest BCUT2D eigenvalue weighted by molar-refractivity contribution is 0.0545. The van der Waals surface area contributed by atoms with Crippen molar-refractivity contribution in [1.82, 2.24) is 0 Å². The van der Waals surface area contributed by atoms with Gasteiger partial charge in [0, 0.05) is 44.5 Å². The molecule has 1 aromatic carbocycles. The van der Waals surface area contributed by atoms with Gasteiger partial charge in [0.05, 0.1) is 0 Å². The molecule has 0 radical (unpaired) electrons. The molecule has 0 bridgehead atoms. The zero-order valence-electron chi connectivity index (χ0n) is 10.5. The first-order chi connectivity index (χ1) is 8.18. The molecule has 0 atom stereocenters. The lowest BCUT2D eigenvalue weighted by Crippen LogP contribution is -2.23. The molecule has 3 nitrogen and oxygen atoms in total. The molecule has 0 aliphatic carbocycles. The van der Waals surface area contributed by atoms with Crippen molar-refractivity contribution in [2.45, 2.75) is 12.8 Å². The molecule has 0 unspecified atom stereocenters. The molecule has 3 heteroatoms. The molecule has 2 rings (SSSR count). The van der Waals surface area contributed by atoms with Crippen LogP contribution in [-0.4, -0.2) is 33.1 Å². The van der Waals surface area contributed by atoms with E-state index in [4.69, 9.17) is 4.74 Å². The van der Waals surface area contributed by atoms with E-state index in [9.17, 15) is 4.79 Å². The average Bonchev–Trinajstić information content (AvgIpc) is 2.39. The van der Waals surface area contributed by atoms with E-state index in [2.05, 4.69) is 0 Å². The van der Waals surface area contributed by atoms with Gasteiger partial charge in [0.15, 0.2) is 5.78 Å². The largest absolute Gasteiger partial charge is 0.381 e. The topological polar surface area (TPSA) is 29.5 Å². The van der Waals surface area contributed by atoms with Gasteiger partial charge in [-0.15, -0.1) is 0 Å². The third-order valence-corrected chi connectivity index (χ3v) is 3.26. The fourth-order valence-corrected chi connectivity index (χ4v) is 2.12. The first-order valence-corrected chi connectivity index (χ1v) is 6.08. The van der Waals surface area contributed by atoms with Gasteiger partial charge in [-0.25, -0.2) is 0 Å². The van der Waals surface area contributed by atoms with Gasteiger partial charge < -0.3 is 9.64 Å². The lowest BCUT2D eigenvalue weighted by atomic mass is 9.91. The summed E-state index contributed by atoms with van der Waals surface area (Å²) in [4.78, 5) is 14.2. The van der Waals surface area contributed by atoms with Crippen LogP contribution in [0.15, 0.2) is 24.3 Å². The molecule has 17 heavy (non-hydrogen) atoms. The van der Waals surface area contributed by atoms with E-state index in [1.54, 1.807) is 0 Å². The molecular weight excluding hydrogens is 214 g/mol. The number of anilines is 1. The van der Waals surface area contributed by atoms with Gasteiger partial charge in [-0.3, -0.25) is 4.79 Å². The highest BCUT2D eigenvalue weighted by atomic mass is 16.5. The Kier molecular flexibility index (Phi) is 3.79. The minimum atomic E-state index is 0.147. The molecule has 1 fully saturated rings. The number of carbonyl (C=O) groups is 1. The number of nitrogens with zero attached hydrogens (tertiary/aromatic N) is 1. The van der Waals surface area contributed by atoms with Crippen LogP contribution in [0.5, 0.6) is 0 Å². The second-order valence-corrected chi connectivity index (χ2v) is 4.69. The molecular formula is C14H19NO2. The van der Waals surface area contributed by atoms with Crippen LogP contribution in [0.3, 0.4) is 0 Å². The van der Waals surface area contributed by atoms with Crippen molar-refractivity contribution >= 4 is 11.5 Å². The summed E-state index contributed by atoms with van der Waals surface area (Å²) in [6.07, 6.45) is 1.71. The first kappa shape index (κ1) is 12.1. The van der Waals surface area contributed by atoms with Gasteiger partial charge in [0.25, 0.3) is 0 Å². The summed E-state index contributed by atoms with van der Waals surface area (Å²) >= 11 is 0. The molecule has 1 aromatic rings. The van der Waals surface area contributed by atoms with Crippen LogP contribution in [-0.2, 0) is 4.74 Å². The SMILES string of the molecule is CN(C)c1ccc(C(=O)C2CCOCC2)cc1. The van der Waals surface area contributed by atoms with Crippen LogP contribution in [0.4, 0.5) is 5.69 Å². The highest BCUT2D eigenvalue weighted by Gasteiger charge is 2.22. The number of rotatable bonds is 3. The van der Waals surface area contributed by atoms with Crippen molar-refractivity contribution in [3.63, 3.8) is 0 Å². The van der Waals surface area contributed by atoms with E-state index < -0.39 is 0 Å². The predicted molar refractivity (Wildman–Crippen MR) is 68.6 cm³/mol. The van der Waals surface area contributed by atoms with Crippen molar-refractivity contribution in [3.05, 3.63) is 29.8 Å². The fraction of sp³-hybridized carbons (Fsp3) is 0.500. The summed E-state index contributed by atoms with van der Waals surface area (Å²) in [7, 11) is 3.99. The normalized spacial score (nSPS) is 16.8. The van der Waals surface area contributed by atoms with Gasteiger partial charge in [0.1, 0.15) is 0 Å². The van der Waals surface area contributed by atoms with Crippen molar-refractivity contribution < 1.29 is 9.53 Å². The zero-order chi connectivity index (χ0) is 12.3. The first-order valence-electron chi connectivity index (χ1n) is 6.08. The Morgan fingerprint density at radius 3 is 2.29 bits per heavy atom. The molecule has 1 saturated heterocycles. The van der Waals surface area contributed by atoms with Gasteiger partial charge in [0.2, 0.25) is 0 Å².